The van der Waals surface area contributed by atoms with Crippen LogP contribution in [-0.2, 0) is 9.53 Å². The van der Waals surface area contributed by atoms with E-state index in [9.17, 15) is 4.79 Å². The zero-order valence-electron chi connectivity index (χ0n) is 6.32. The maximum absolute atomic E-state index is 10.7. The Morgan fingerprint density at radius 3 is 2.64 bits per heavy atom. The molecule has 3 heteroatoms. The van der Waals surface area contributed by atoms with Gasteiger partial charge in [0.2, 0.25) is 0 Å². The quantitative estimate of drug-likeness (QED) is 0.645. The summed E-state index contributed by atoms with van der Waals surface area (Å²) in [4.78, 5) is 10.7. The van der Waals surface area contributed by atoms with Gasteiger partial charge in [-0.05, 0) is 25.2 Å². The number of hydrogen-bond acceptors (Lipinski definition) is 2. The topological polar surface area (TPSA) is 46.5 Å². The predicted octanol–water partition coefficient (Wildman–Crippen LogP) is 0.886. The van der Waals surface area contributed by atoms with Crippen LogP contribution in [0.3, 0.4) is 0 Å². The van der Waals surface area contributed by atoms with Crippen molar-refractivity contribution in [3.8, 4) is 0 Å². The molecule has 0 aromatic rings. The van der Waals surface area contributed by atoms with Gasteiger partial charge in [0.25, 0.3) is 0 Å². The zero-order valence-corrected chi connectivity index (χ0v) is 6.32. The van der Waals surface area contributed by atoms with Crippen molar-refractivity contribution in [3.63, 3.8) is 0 Å². The second-order valence-corrected chi connectivity index (χ2v) is 3.41. The average Bonchev–Trinajstić information content (AvgIpc) is 2.68. The molecule has 1 aliphatic heterocycles. The van der Waals surface area contributed by atoms with Crippen molar-refractivity contribution >= 4 is 5.97 Å². The Kier molecular flexibility index (Phi) is 1.60. The summed E-state index contributed by atoms with van der Waals surface area (Å²) in [6.45, 7) is 0.637. The molecule has 0 amide bonds. The maximum Gasteiger partial charge on any atom is 0.309 e. The molecule has 1 saturated heterocycles. The van der Waals surface area contributed by atoms with E-state index in [4.69, 9.17) is 9.84 Å². The lowest BCUT2D eigenvalue weighted by Crippen LogP contribution is -2.25. The summed E-state index contributed by atoms with van der Waals surface area (Å²) in [7, 11) is 0. The number of ether oxygens (including phenoxy) is 1. The molecule has 2 unspecified atom stereocenters. The van der Waals surface area contributed by atoms with E-state index in [0.717, 1.165) is 12.8 Å². The van der Waals surface area contributed by atoms with Gasteiger partial charge >= 0.3 is 5.97 Å². The summed E-state index contributed by atoms with van der Waals surface area (Å²) >= 11 is 0. The highest BCUT2D eigenvalue weighted by Crippen LogP contribution is 2.41. The summed E-state index contributed by atoms with van der Waals surface area (Å²) in [5, 5.41) is 8.78. The van der Waals surface area contributed by atoms with Crippen molar-refractivity contribution in [3.05, 3.63) is 0 Å². The van der Waals surface area contributed by atoms with Crippen LogP contribution < -0.4 is 0 Å². The number of aliphatic carboxylic acids is 1. The van der Waals surface area contributed by atoms with E-state index in [-0.39, 0.29) is 12.0 Å². The van der Waals surface area contributed by atoms with Crippen molar-refractivity contribution in [1.82, 2.24) is 0 Å². The third kappa shape index (κ3) is 1.25. The summed E-state index contributed by atoms with van der Waals surface area (Å²) < 4.78 is 5.37. The molecule has 0 aromatic heterocycles. The molecular weight excluding hydrogens is 144 g/mol. The van der Waals surface area contributed by atoms with Crippen LogP contribution in [0.4, 0.5) is 0 Å². The third-order valence-corrected chi connectivity index (χ3v) is 2.54. The van der Waals surface area contributed by atoms with Gasteiger partial charge in [0.1, 0.15) is 0 Å². The van der Waals surface area contributed by atoms with E-state index in [2.05, 4.69) is 0 Å². The Morgan fingerprint density at radius 1 is 1.36 bits per heavy atom. The Balaban J connectivity index is 2.01. The Morgan fingerprint density at radius 2 is 2.09 bits per heavy atom. The normalized spacial score (nSPS) is 37.5. The lowest BCUT2D eigenvalue weighted by Gasteiger charge is -2.12. The van der Waals surface area contributed by atoms with Crippen molar-refractivity contribution in [1.29, 1.82) is 0 Å². The molecule has 1 heterocycles. The van der Waals surface area contributed by atoms with Gasteiger partial charge in [0.05, 0.1) is 12.0 Å². The second kappa shape index (κ2) is 2.48. The van der Waals surface area contributed by atoms with Gasteiger partial charge in [0.15, 0.2) is 0 Å². The molecule has 1 N–H and O–H groups in total. The molecule has 3 nitrogen and oxygen atoms in total. The highest BCUT2D eigenvalue weighted by Gasteiger charge is 2.43. The summed E-state index contributed by atoms with van der Waals surface area (Å²) in [6.07, 6.45) is 3.06. The molecule has 2 aliphatic rings. The molecule has 2 atom stereocenters. The van der Waals surface area contributed by atoms with Crippen LogP contribution in [0.5, 0.6) is 0 Å². The fourth-order valence-electron chi connectivity index (χ4n) is 1.76. The minimum absolute atomic E-state index is 0.0347. The van der Waals surface area contributed by atoms with Gasteiger partial charge in [0, 0.05) is 6.61 Å². The van der Waals surface area contributed by atoms with Crippen molar-refractivity contribution in [2.45, 2.75) is 25.4 Å². The van der Waals surface area contributed by atoms with Gasteiger partial charge in [-0.3, -0.25) is 4.79 Å². The van der Waals surface area contributed by atoms with Crippen LogP contribution >= 0.6 is 0 Å². The molecule has 2 rings (SSSR count). The fourth-order valence-corrected chi connectivity index (χ4v) is 1.76. The zero-order chi connectivity index (χ0) is 7.84. The number of rotatable bonds is 2. The van der Waals surface area contributed by atoms with Crippen LogP contribution in [0.1, 0.15) is 19.3 Å². The molecule has 0 aromatic carbocycles. The van der Waals surface area contributed by atoms with Crippen molar-refractivity contribution in [2.75, 3.05) is 6.61 Å². The first kappa shape index (κ1) is 7.10. The standard InChI is InChI=1S/C8H12O3/c9-8(10)6-3-4-11-7(6)5-1-2-5/h5-7H,1-4H2,(H,9,10). The summed E-state index contributed by atoms with van der Waals surface area (Å²) in [5.41, 5.74) is 0. The van der Waals surface area contributed by atoms with Crippen LogP contribution in [0.15, 0.2) is 0 Å². The number of hydrogen-bond donors (Lipinski definition) is 1. The van der Waals surface area contributed by atoms with E-state index < -0.39 is 5.97 Å². The average molecular weight is 156 g/mol. The molecule has 62 valence electrons. The molecule has 11 heavy (non-hydrogen) atoms. The predicted molar refractivity (Wildman–Crippen MR) is 38.2 cm³/mol. The molecule has 1 aliphatic carbocycles. The SMILES string of the molecule is O=C(O)C1CCOC1C1CC1. The lowest BCUT2D eigenvalue weighted by molar-refractivity contribution is -0.143. The number of carboxylic acid groups (broad SMARTS) is 1. The number of carbonyl (C=O) groups is 1. The van der Waals surface area contributed by atoms with Crippen LogP contribution in [0.25, 0.3) is 0 Å². The van der Waals surface area contributed by atoms with Crippen molar-refractivity contribution < 1.29 is 14.6 Å². The summed E-state index contributed by atoms with van der Waals surface area (Å²) in [5.74, 6) is -0.347. The van der Waals surface area contributed by atoms with E-state index in [1.54, 1.807) is 0 Å². The third-order valence-electron chi connectivity index (χ3n) is 2.54. The second-order valence-electron chi connectivity index (χ2n) is 3.41. The monoisotopic (exact) mass is 156 g/mol. The molecule has 0 radical (unpaired) electrons. The molecule has 0 bridgehead atoms. The first-order chi connectivity index (χ1) is 5.29. The summed E-state index contributed by atoms with van der Waals surface area (Å²) in [6, 6.07) is 0. The van der Waals surface area contributed by atoms with Crippen molar-refractivity contribution in [2.24, 2.45) is 11.8 Å². The molecule has 2 fully saturated rings. The molecule has 1 saturated carbocycles. The fraction of sp³-hybridized carbons (Fsp3) is 0.875. The Hall–Kier alpha value is -0.570. The molecular formula is C8H12O3. The largest absolute Gasteiger partial charge is 0.481 e. The maximum atomic E-state index is 10.7. The van der Waals surface area contributed by atoms with Crippen LogP contribution in [-0.4, -0.2) is 23.8 Å². The van der Waals surface area contributed by atoms with Gasteiger partial charge < -0.3 is 9.84 Å². The number of carboxylic acids is 1. The van der Waals surface area contributed by atoms with E-state index >= 15 is 0 Å². The van der Waals surface area contributed by atoms with Crippen LogP contribution in [0.2, 0.25) is 0 Å². The Bertz CT molecular complexity index is 174. The van der Waals surface area contributed by atoms with Gasteiger partial charge in [-0.15, -0.1) is 0 Å². The van der Waals surface area contributed by atoms with E-state index in [1.165, 1.54) is 0 Å². The smallest absolute Gasteiger partial charge is 0.309 e. The van der Waals surface area contributed by atoms with Gasteiger partial charge in [-0.25, -0.2) is 0 Å². The Labute approximate surface area is 65.4 Å². The first-order valence-electron chi connectivity index (χ1n) is 4.13. The van der Waals surface area contributed by atoms with Crippen LogP contribution in [0, 0.1) is 11.8 Å². The molecule has 0 spiro atoms. The van der Waals surface area contributed by atoms with Gasteiger partial charge in [-0.1, -0.05) is 0 Å². The minimum atomic E-state index is -0.681. The minimum Gasteiger partial charge on any atom is -0.481 e. The lowest BCUT2D eigenvalue weighted by atomic mass is 9.98. The van der Waals surface area contributed by atoms with E-state index in [1.807, 2.05) is 0 Å². The first-order valence-corrected chi connectivity index (χ1v) is 4.13. The highest BCUT2D eigenvalue weighted by molar-refractivity contribution is 5.71. The van der Waals surface area contributed by atoms with Gasteiger partial charge in [-0.2, -0.15) is 0 Å². The highest BCUT2D eigenvalue weighted by atomic mass is 16.5. The van der Waals surface area contributed by atoms with E-state index in [0.29, 0.717) is 18.9 Å².